The van der Waals surface area contributed by atoms with Crippen LogP contribution in [0.25, 0.3) is 10.8 Å². The van der Waals surface area contributed by atoms with E-state index in [1.165, 1.54) is 14.2 Å². The Hall–Kier alpha value is -1.68. The van der Waals surface area contributed by atoms with Gasteiger partial charge in [-0.3, -0.25) is 0 Å². The molecule has 9 heteroatoms. The summed E-state index contributed by atoms with van der Waals surface area (Å²) in [6.07, 6.45) is -2.52. The third-order valence-corrected chi connectivity index (χ3v) is 6.23. The molecule has 0 bridgehead atoms. The molecular formula is C20H20Br2O7. The molecule has 3 rings (SSSR count). The standard InChI is InChI=1S/C20H20Br2O7/c1-10(21)20(28-16(18(23)26-3)17(29-20)19(24)27-4)12-6-7-13-11(9-12)5-8-14(25-2)15(13)22/h5-10,16-17H,1-4H3/t10-,16+,17+/m0/s1. The van der Waals surface area contributed by atoms with Crippen LogP contribution in [-0.2, 0) is 34.3 Å². The van der Waals surface area contributed by atoms with Crippen molar-refractivity contribution in [3.63, 3.8) is 0 Å². The highest BCUT2D eigenvalue weighted by molar-refractivity contribution is 9.10. The molecule has 2 aromatic rings. The van der Waals surface area contributed by atoms with E-state index < -0.39 is 34.8 Å². The second-order valence-electron chi connectivity index (χ2n) is 6.42. The number of hydrogen-bond acceptors (Lipinski definition) is 7. The Kier molecular flexibility index (Phi) is 6.52. The molecule has 1 fully saturated rings. The summed E-state index contributed by atoms with van der Waals surface area (Å²) < 4.78 is 27.8. The Morgan fingerprint density at radius 2 is 1.62 bits per heavy atom. The number of hydrogen-bond donors (Lipinski definition) is 0. The fourth-order valence-corrected chi connectivity index (χ4v) is 4.44. The lowest BCUT2D eigenvalue weighted by Crippen LogP contribution is -2.38. The lowest BCUT2D eigenvalue weighted by atomic mass is 9.99. The Bertz CT molecular complexity index is 920. The van der Waals surface area contributed by atoms with Crippen LogP contribution in [0.5, 0.6) is 5.75 Å². The van der Waals surface area contributed by atoms with E-state index >= 15 is 0 Å². The number of benzene rings is 2. The molecule has 29 heavy (non-hydrogen) atoms. The number of ether oxygens (including phenoxy) is 5. The lowest BCUT2D eigenvalue weighted by Gasteiger charge is -2.31. The van der Waals surface area contributed by atoms with Crippen LogP contribution >= 0.6 is 31.9 Å². The minimum atomic E-state index is -1.40. The summed E-state index contributed by atoms with van der Waals surface area (Å²) in [5.41, 5.74) is 0.631. The first-order valence-corrected chi connectivity index (χ1v) is 10.4. The van der Waals surface area contributed by atoms with Crippen molar-refractivity contribution < 1.29 is 33.3 Å². The van der Waals surface area contributed by atoms with E-state index in [1.54, 1.807) is 7.11 Å². The molecule has 1 aliphatic rings. The van der Waals surface area contributed by atoms with Gasteiger partial charge in [-0.05, 0) is 45.8 Å². The molecule has 7 nitrogen and oxygen atoms in total. The second kappa shape index (κ2) is 8.59. The van der Waals surface area contributed by atoms with Gasteiger partial charge in [0.1, 0.15) is 5.75 Å². The summed E-state index contributed by atoms with van der Waals surface area (Å²) in [6, 6.07) is 9.33. The maximum absolute atomic E-state index is 12.2. The van der Waals surface area contributed by atoms with E-state index in [1.807, 2.05) is 37.3 Å². The fourth-order valence-electron chi connectivity index (χ4n) is 3.30. The normalized spacial score (nSPS) is 21.6. The molecule has 0 unspecified atom stereocenters. The van der Waals surface area contributed by atoms with E-state index in [-0.39, 0.29) is 0 Å². The van der Waals surface area contributed by atoms with Crippen molar-refractivity contribution in [3.05, 3.63) is 40.4 Å². The van der Waals surface area contributed by atoms with Crippen molar-refractivity contribution in [3.8, 4) is 5.75 Å². The van der Waals surface area contributed by atoms with Crippen molar-refractivity contribution in [1.82, 2.24) is 0 Å². The lowest BCUT2D eigenvalue weighted by molar-refractivity contribution is -0.192. The van der Waals surface area contributed by atoms with Gasteiger partial charge >= 0.3 is 11.9 Å². The smallest absolute Gasteiger partial charge is 0.338 e. The Balaban J connectivity index is 2.12. The predicted molar refractivity (Wildman–Crippen MR) is 112 cm³/mol. The maximum Gasteiger partial charge on any atom is 0.338 e. The topological polar surface area (TPSA) is 80.3 Å². The van der Waals surface area contributed by atoms with Crippen LogP contribution in [0.4, 0.5) is 0 Å². The van der Waals surface area contributed by atoms with Crippen molar-refractivity contribution in [1.29, 1.82) is 0 Å². The number of esters is 2. The molecule has 0 radical (unpaired) electrons. The van der Waals surface area contributed by atoms with E-state index in [2.05, 4.69) is 31.9 Å². The third-order valence-electron chi connectivity index (χ3n) is 4.81. The highest BCUT2D eigenvalue weighted by Gasteiger charge is 2.57. The molecule has 3 atom stereocenters. The zero-order chi connectivity index (χ0) is 21.3. The van der Waals surface area contributed by atoms with Gasteiger partial charge in [0.05, 0.1) is 30.6 Å². The Morgan fingerprint density at radius 1 is 1.03 bits per heavy atom. The summed E-state index contributed by atoms with van der Waals surface area (Å²) >= 11 is 7.06. The molecule has 1 aliphatic heterocycles. The quantitative estimate of drug-likeness (QED) is 0.430. The van der Waals surface area contributed by atoms with Crippen LogP contribution in [-0.4, -0.2) is 50.3 Å². The van der Waals surface area contributed by atoms with Gasteiger partial charge < -0.3 is 23.7 Å². The zero-order valence-electron chi connectivity index (χ0n) is 16.2. The summed E-state index contributed by atoms with van der Waals surface area (Å²) in [5.74, 6) is -2.13. The van der Waals surface area contributed by atoms with Gasteiger partial charge in [0.2, 0.25) is 5.79 Å². The number of methoxy groups -OCH3 is 3. The van der Waals surface area contributed by atoms with Crippen molar-refractivity contribution in [2.45, 2.75) is 29.7 Å². The van der Waals surface area contributed by atoms with Gasteiger partial charge in [-0.2, -0.15) is 0 Å². The molecule has 0 aliphatic carbocycles. The van der Waals surface area contributed by atoms with Gasteiger partial charge in [-0.1, -0.05) is 34.1 Å². The molecule has 0 amide bonds. The van der Waals surface area contributed by atoms with E-state index in [0.717, 1.165) is 15.2 Å². The summed E-state index contributed by atoms with van der Waals surface area (Å²) in [6.45, 7) is 1.81. The first-order chi connectivity index (χ1) is 13.8. The summed E-state index contributed by atoms with van der Waals surface area (Å²) in [7, 11) is 4.04. The molecule has 1 saturated heterocycles. The Morgan fingerprint density at radius 3 is 2.10 bits per heavy atom. The monoisotopic (exact) mass is 530 g/mol. The summed E-state index contributed by atoms with van der Waals surface area (Å²) in [4.78, 5) is 24.1. The Labute approximate surface area is 184 Å². The largest absolute Gasteiger partial charge is 0.496 e. The average molecular weight is 532 g/mol. The first-order valence-electron chi connectivity index (χ1n) is 8.71. The molecule has 0 saturated carbocycles. The van der Waals surface area contributed by atoms with Crippen LogP contribution in [0.1, 0.15) is 12.5 Å². The van der Waals surface area contributed by atoms with Crippen LogP contribution < -0.4 is 4.74 Å². The van der Waals surface area contributed by atoms with Crippen LogP contribution in [0.2, 0.25) is 0 Å². The van der Waals surface area contributed by atoms with Crippen LogP contribution in [0.3, 0.4) is 0 Å². The van der Waals surface area contributed by atoms with E-state index in [9.17, 15) is 9.59 Å². The van der Waals surface area contributed by atoms with Gasteiger partial charge in [-0.15, -0.1) is 0 Å². The SMILES string of the molecule is COC(=O)[C@@H]1OC(c2ccc3c(Br)c(OC)ccc3c2)([C@H](C)Br)O[C@H]1C(=O)OC. The molecule has 0 N–H and O–H groups in total. The van der Waals surface area contributed by atoms with Crippen molar-refractivity contribution >= 4 is 54.6 Å². The van der Waals surface area contributed by atoms with E-state index in [4.69, 9.17) is 23.7 Å². The number of carbonyl (C=O) groups excluding carboxylic acids is 2. The zero-order valence-corrected chi connectivity index (χ0v) is 19.4. The third kappa shape index (κ3) is 3.76. The molecule has 1 heterocycles. The molecule has 2 aromatic carbocycles. The second-order valence-corrected chi connectivity index (χ2v) is 8.59. The first kappa shape index (κ1) is 22.0. The van der Waals surface area contributed by atoms with Crippen LogP contribution in [0, 0.1) is 0 Å². The minimum Gasteiger partial charge on any atom is -0.496 e. The highest BCUT2D eigenvalue weighted by atomic mass is 79.9. The number of alkyl halides is 1. The number of carbonyl (C=O) groups is 2. The van der Waals surface area contributed by atoms with Gasteiger partial charge in [-0.25, -0.2) is 9.59 Å². The highest BCUT2D eigenvalue weighted by Crippen LogP contribution is 2.45. The number of fused-ring (bicyclic) bond motifs is 1. The maximum atomic E-state index is 12.2. The molecule has 0 spiro atoms. The van der Waals surface area contributed by atoms with Gasteiger partial charge in [0, 0.05) is 5.56 Å². The average Bonchev–Trinajstić information content (AvgIpc) is 3.15. The van der Waals surface area contributed by atoms with Crippen molar-refractivity contribution in [2.75, 3.05) is 21.3 Å². The summed E-state index contributed by atoms with van der Waals surface area (Å²) in [5, 5.41) is 1.82. The minimum absolute atomic E-state index is 0.407. The number of halogens is 2. The van der Waals surface area contributed by atoms with Gasteiger partial charge in [0.15, 0.2) is 12.2 Å². The van der Waals surface area contributed by atoms with Crippen LogP contribution in [0.15, 0.2) is 34.8 Å². The van der Waals surface area contributed by atoms with Gasteiger partial charge in [0.25, 0.3) is 0 Å². The number of rotatable bonds is 5. The van der Waals surface area contributed by atoms with E-state index in [0.29, 0.717) is 11.3 Å². The molecular weight excluding hydrogens is 512 g/mol. The molecule has 156 valence electrons. The van der Waals surface area contributed by atoms with Crippen molar-refractivity contribution in [2.24, 2.45) is 0 Å². The molecule has 0 aromatic heterocycles. The fraction of sp³-hybridized carbons (Fsp3) is 0.400. The predicted octanol–water partition coefficient (Wildman–Crippen LogP) is 3.68.